The molecule has 0 radical (unpaired) electrons. The molecular weight excluding hydrogens is 284 g/mol. The number of rotatable bonds is 5. The third-order valence-corrected chi connectivity index (χ3v) is 3.32. The quantitative estimate of drug-likeness (QED) is 0.625. The van der Waals surface area contributed by atoms with E-state index in [0.717, 1.165) is 0 Å². The molecule has 7 heteroatoms. The van der Waals surface area contributed by atoms with Gasteiger partial charge in [0.2, 0.25) is 0 Å². The fraction of sp³-hybridized carbons (Fsp3) is 0.500. The zero-order valence-electron chi connectivity index (χ0n) is 8.23. The molecule has 0 amide bonds. The van der Waals surface area contributed by atoms with Crippen LogP contribution in [0.4, 0.5) is 0 Å². The van der Waals surface area contributed by atoms with Crippen molar-refractivity contribution < 1.29 is 12.8 Å². The van der Waals surface area contributed by atoms with E-state index in [1.807, 2.05) is 0 Å². The summed E-state index contributed by atoms with van der Waals surface area (Å²) in [6.07, 6.45) is 1.58. The Morgan fingerprint density at radius 3 is 2.67 bits per heavy atom. The van der Waals surface area contributed by atoms with Gasteiger partial charge in [0.25, 0.3) is 0 Å². The van der Waals surface area contributed by atoms with Crippen molar-refractivity contribution in [2.24, 2.45) is 5.84 Å². The highest BCUT2D eigenvalue weighted by Gasteiger charge is 2.16. The van der Waals surface area contributed by atoms with Crippen molar-refractivity contribution in [1.82, 2.24) is 5.43 Å². The van der Waals surface area contributed by atoms with Gasteiger partial charge in [-0.05, 0) is 34.5 Å². The molecule has 1 atom stereocenters. The molecule has 1 aromatic rings. The lowest BCUT2D eigenvalue weighted by Gasteiger charge is -2.11. The molecule has 0 aliphatic carbocycles. The average molecular weight is 297 g/mol. The van der Waals surface area contributed by atoms with Crippen LogP contribution in [0, 0.1) is 0 Å². The number of sulfone groups is 1. The van der Waals surface area contributed by atoms with Gasteiger partial charge < -0.3 is 4.42 Å². The summed E-state index contributed by atoms with van der Waals surface area (Å²) < 4.78 is 27.8. The summed E-state index contributed by atoms with van der Waals surface area (Å²) in [5, 5.41) is 0. The Labute approximate surface area is 97.0 Å². The lowest BCUT2D eigenvalue weighted by atomic mass is 10.2. The third kappa shape index (κ3) is 4.33. The summed E-state index contributed by atoms with van der Waals surface area (Å²) in [6.45, 7) is 0. The maximum absolute atomic E-state index is 11.0. The fourth-order valence-electron chi connectivity index (χ4n) is 1.16. The molecule has 0 spiro atoms. The van der Waals surface area contributed by atoms with Crippen LogP contribution in [0.3, 0.4) is 0 Å². The molecule has 1 aromatic heterocycles. The monoisotopic (exact) mass is 296 g/mol. The maximum Gasteiger partial charge on any atom is 0.169 e. The number of hydrogen-bond acceptors (Lipinski definition) is 5. The fourth-order valence-corrected chi connectivity index (χ4v) is 2.14. The van der Waals surface area contributed by atoms with Crippen LogP contribution in [0.5, 0.6) is 0 Å². The Morgan fingerprint density at radius 1 is 1.60 bits per heavy atom. The first-order valence-corrected chi connectivity index (χ1v) is 7.17. The maximum atomic E-state index is 11.0. The first-order valence-electron chi connectivity index (χ1n) is 4.31. The highest BCUT2D eigenvalue weighted by atomic mass is 79.9. The second-order valence-electron chi connectivity index (χ2n) is 3.28. The summed E-state index contributed by atoms with van der Waals surface area (Å²) >= 11 is 3.17. The van der Waals surface area contributed by atoms with Crippen LogP contribution in [0.15, 0.2) is 21.2 Å². The van der Waals surface area contributed by atoms with Crippen molar-refractivity contribution in [1.29, 1.82) is 0 Å². The molecule has 0 saturated carbocycles. The molecule has 0 saturated heterocycles. The zero-order valence-corrected chi connectivity index (χ0v) is 10.6. The Bertz CT molecular complexity index is 415. The molecular formula is C8H13BrN2O3S. The first kappa shape index (κ1) is 12.7. The van der Waals surface area contributed by atoms with E-state index in [2.05, 4.69) is 21.4 Å². The normalized spacial score (nSPS) is 14.1. The first-order chi connectivity index (χ1) is 6.92. The van der Waals surface area contributed by atoms with Gasteiger partial charge in [0.05, 0.1) is 11.8 Å². The topological polar surface area (TPSA) is 85.3 Å². The Hall–Kier alpha value is -0.370. The van der Waals surface area contributed by atoms with Gasteiger partial charge >= 0.3 is 0 Å². The van der Waals surface area contributed by atoms with Gasteiger partial charge in [-0.3, -0.25) is 5.84 Å². The van der Waals surface area contributed by atoms with Crippen molar-refractivity contribution in [3.8, 4) is 0 Å². The van der Waals surface area contributed by atoms with Gasteiger partial charge in [0.15, 0.2) is 4.67 Å². The average Bonchev–Trinajstić information content (AvgIpc) is 2.51. The third-order valence-electron chi connectivity index (χ3n) is 1.92. The summed E-state index contributed by atoms with van der Waals surface area (Å²) in [6, 6.07) is 3.20. The number of nitrogens with one attached hydrogen (secondary N) is 1. The van der Waals surface area contributed by atoms with Gasteiger partial charge in [-0.15, -0.1) is 0 Å². The molecule has 5 nitrogen and oxygen atoms in total. The molecule has 0 aromatic carbocycles. The van der Waals surface area contributed by atoms with Crippen molar-refractivity contribution in [2.75, 3.05) is 12.0 Å². The van der Waals surface area contributed by atoms with Crippen LogP contribution in [0.25, 0.3) is 0 Å². The summed E-state index contributed by atoms with van der Waals surface area (Å²) in [7, 11) is -2.98. The molecule has 86 valence electrons. The van der Waals surface area contributed by atoms with Gasteiger partial charge in [-0.2, -0.15) is 0 Å². The van der Waals surface area contributed by atoms with E-state index in [4.69, 9.17) is 10.3 Å². The molecule has 0 aliphatic rings. The minimum Gasteiger partial charge on any atom is -0.453 e. The van der Waals surface area contributed by atoms with Crippen molar-refractivity contribution in [3.05, 3.63) is 22.6 Å². The lowest BCUT2D eigenvalue weighted by Crippen LogP contribution is -2.29. The van der Waals surface area contributed by atoms with Crippen molar-refractivity contribution in [2.45, 2.75) is 12.5 Å². The minimum absolute atomic E-state index is 0.0696. The predicted molar refractivity (Wildman–Crippen MR) is 60.8 cm³/mol. The van der Waals surface area contributed by atoms with Crippen molar-refractivity contribution >= 4 is 25.8 Å². The second kappa shape index (κ2) is 5.11. The summed E-state index contributed by atoms with van der Waals surface area (Å²) in [5.74, 6) is 6.01. The van der Waals surface area contributed by atoms with Crippen LogP contribution in [0.1, 0.15) is 18.2 Å². The van der Waals surface area contributed by atoms with E-state index in [-0.39, 0.29) is 11.8 Å². The van der Waals surface area contributed by atoms with Crippen molar-refractivity contribution in [3.63, 3.8) is 0 Å². The van der Waals surface area contributed by atoms with E-state index >= 15 is 0 Å². The number of nitrogens with two attached hydrogens (primary N) is 1. The summed E-state index contributed by atoms with van der Waals surface area (Å²) in [5.41, 5.74) is 2.53. The molecule has 1 rings (SSSR count). The highest BCUT2D eigenvalue weighted by molar-refractivity contribution is 9.10. The molecule has 15 heavy (non-hydrogen) atoms. The largest absolute Gasteiger partial charge is 0.453 e. The van der Waals surface area contributed by atoms with Gasteiger partial charge in [0, 0.05) is 6.26 Å². The standard InChI is InChI=1S/C8H13BrN2O3S/c1-15(12,13)5-4-6(11-10)7-2-3-8(9)14-7/h2-3,6,11H,4-5,10H2,1H3. The van der Waals surface area contributed by atoms with E-state index in [9.17, 15) is 8.42 Å². The number of halogens is 1. The molecule has 0 bridgehead atoms. The van der Waals surface area contributed by atoms with Gasteiger partial charge in [-0.1, -0.05) is 0 Å². The molecule has 1 unspecified atom stereocenters. The van der Waals surface area contributed by atoms with Gasteiger partial charge in [-0.25, -0.2) is 13.8 Å². The van der Waals surface area contributed by atoms with E-state index in [1.165, 1.54) is 6.26 Å². The Morgan fingerprint density at radius 2 is 2.27 bits per heavy atom. The van der Waals surface area contributed by atoms with Gasteiger partial charge in [0.1, 0.15) is 15.6 Å². The number of hydrogen-bond donors (Lipinski definition) is 2. The molecule has 0 fully saturated rings. The second-order valence-corrected chi connectivity index (χ2v) is 6.32. The molecule has 1 heterocycles. The summed E-state index contributed by atoms with van der Waals surface area (Å²) in [4.78, 5) is 0. The number of furan rings is 1. The van der Waals surface area contributed by atoms with Crippen LogP contribution >= 0.6 is 15.9 Å². The number of hydrazine groups is 1. The van der Waals surface area contributed by atoms with E-state index in [0.29, 0.717) is 16.9 Å². The highest BCUT2D eigenvalue weighted by Crippen LogP contribution is 2.22. The van der Waals surface area contributed by atoms with Crippen LogP contribution in [-0.4, -0.2) is 20.4 Å². The van der Waals surface area contributed by atoms with Crippen LogP contribution in [-0.2, 0) is 9.84 Å². The lowest BCUT2D eigenvalue weighted by molar-refractivity contribution is 0.399. The Kier molecular flexibility index (Phi) is 4.32. The van der Waals surface area contributed by atoms with Crippen LogP contribution in [0.2, 0.25) is 0 Å². The Balaban J connectivity index is 2.65. The molecule has 3 N–H and O–H groups in total. The smallest absolute Gasteiger partial charge is 0.169 e. The zero-order chi connectivity index (χ0) is 11.5. The van der Waals surface area contributed by atoms with E-state index < -0.39 is 9.84 Å². The minimum atomic E-state index is -2.98. The van der Waals surface area contributed by atoms with Crippen LogP contribution < -0.4 is 11.3 Å². The molecule has 0 aliphatic heterocycles. The van der Waals surface area contributed by atoms with E-state index in [1.54, 1.807) is 12.1 Å². The predicted octanol–water partition coefficient (Wildman–Crippen LogP) is 0.981. The SMILES string of the molecule is CS(=O)(=O)CCC(NN)c1ccc(Br)o1.